The van der Waals surface area contributed by atoms with E-state index in [1.165, 1.54) is 66.4 Å². The summed E-state index contributed by atoms with van der Waals surface area (Å²) in [5, 5.41) is 2.42. The van der Waals surface area contributed by atoms with E-state index in [0.717, 1.165) is 45.1 Å². The molecule has 0 saturated carbocycles. The first kappa shape index (κ1) is 45.3. The summed E-state index contributed by atoms with van der Waals surface area (Å²) in [6.07, 6.45) is 1.99. The fourth-order valence-corrected chi connectivity index (χ4v) is 11.7. The average Bonchev–Trinajstić information content (AvgIpc) is 3.74. The van der Waals surface area contributed by atoms with Gasteiger partial charge in [0.2, 0.25) is 5.90 Å². The van der Waals surface area contributed by atoms with E-state index >= 15 is 0 Å². The number of pyridine rings is 1. The van der Waals surface area contributed by atoms with Crippen molar-refractivity contribution < 1.29 is 9.47 Å². The van der Waals surface area contributed by atoms with Gasteiger partial charge in [-0.2, -0.15) is 0 Å². The smallest absolute Gasteiger partial charge is 0.217 e. The van der Waals surface area contributed by atoms with Gasteiger partial charge in [0.15, 0.2) is 0 Å². The molecule has 346 valence electrons. The minimum Gasteiger partial charge on any atom is -0.468 e. The second-order valence-electron chi connectivity index (χ2n) is 23.0. The molecule has 10 rings (SSSR count). The lowest BCUT2D eigenvalue weighted by Crippen LogP contribution is -2.58. The first-order valence-electron chi connectivity index (χ1n) is 24.4. The fraction of sp³-hybridized carbons (Fsp3) is 0.333. The van der Waals surface area contributed by atoms with Gasteiger partial charge in [-0.3, -0.25) is 4.57 Å². The molecule has 0 saturated heterocycles. The second kappa shape index (κ2) is 15.5. The highest BCUT2D eigenvalue weighted by atomic mass is 16.5. The molecule has 4 heterocycles. The van der Waals surface area contributed by atoms with Crippen molar-refractivity contribution in [3.05, 3.63) is 189 Å². The van der Waals surface area contributed by atoms with Gasteiger partial charge in [0.25, 0.3) is 0 Å². The van der Waals surface area contributed by atoms with Gasteiger partial charge < -0.3 is 9.47 Å². The maximum atomic E-state index is 7.46. The Morgan fingerprint density at radius 1 is 0.618 bits per heavy atom. The molecular weight excluding hydrogens is 831 g/mol. The first-order valence-corrected chi connectivity index (χ1v) is 24.4. The number of benzene rings is 6. The van der Waals surface area contributed by atoms with Crippen LogP contribution < -0.4 is 4.74 Å². The quantitative estimate of drug-likeness (QED) is 0.160. The molecule has 5 heteroatoms. The Morgan fingerprint density at radius 3 is 1.84 bits per heavy atom. The monoisotopic (exact) mass is 898 g/mol. The Labute approximate surface area is 404 Å². The summed E-state index contributed by atoms with van der Waals surface area (Å²) in [6, 6.07) is 44.5. The van der Waals surface area contributed by atoms with E-state index < -0.39 is 11.1 Å². The van der Waals surface area contributed by atoms with Crippen LogP contribution in [0, 0.1) is 40.0 Å². The number of hydrogen-bond acceptors (Lipinski definition) is 4. The zero-order chi connectivity index (χ0) is 48.5. The van der Waals surface area contributed by atoms with Crippen molar-refractivity contribution in [1.82, 2.24) is 9.55 Å². The van der Waals surface area contributed by atoms with Crippen LogP contribution in [0.2, 0.25) is 0 Å². The Balaban J connectivity index is 1.18. The van der Waals surface area contributed by atoms with Crippen LogP contribution in [0.4, 0.5) is 0 Å². The van der Waals surface area contributed by atoms with Crippen LogP contribution in [0.5, 0.6) is 11.5 Å². The predicted octanol–water partition coefficient (Wildman–Crippen LogP) is 16.3. The van der Waals surface area contributed by atoms with Crippen molar-refractivity contribution in [1.29, 1.82) is 0 Å². The lowest BCUT2D eigenvalue weighted by molar-refractivity contribution is -0.0653. The van der Waals surface area contributed by atoms with Gasteiger partial charge in [-0.05, 0) is 151 Å². The van der Waals surface area contributed by atoms with E-state index in [-0.39, 0.29) is 22.2 Å². The summed E-state index contributed by atoms with van der Waals surface area (Å²) in [7, 11) is 0. The molecule has 2 aliphatic rings. The highest BCUT2D eigenvalue weighted by Gasteiger charge is 2.62. The minimum absolute atomic E-state index is 0.0199. The van der Waals surface area contributed by atoms with Gasteiger partial charge >= 0.3 is 0 Å². The van der Waals surface area contributed by atoms with Crippen LogP contribution in [0.3, 0.4) is 0 Å². The molecule has 2 aromatic heterocycles. The van der Waals surface area contributed by atoms with Crippen LogP contribution in [-0.2, 0) is 15.6 Å². The summed E-state index contributed by atoms with van der Waals surface area (Å²) < 4.78 is 17.1. The van der Waals surface area contributed by atoms with E-state index in [2.05, 4.69) is 230 Å². The molecule has 68 heavy (non-hydrogen) atoms. The summed E-state index contributed by atoms with van der Waals surface area (Å²) in [5.41, 5.74) is 16.6. The van der Waals surface area contributed by atoms with Crippen molar-refractivity contribution in [2.75, 3.05) is 0 Å². The highest BCUT2D eigenvalue weighted by molar-refractivity contribution is 6.11. The van der Waals surface area contributed by atoms with E-state index in [9.17, 15) is 0 Å². The van der Waals surface area contributed by atoms with Crippen molar-refractivity contribution in [3.63, 3.8) is 0 Å². The zero-order valence-corrected chi connectivity index (χ0v) is 42.9. The molecule has 8 aromatic rings. The maximum absolute atomic E-state index is 7.46. The Kier molecular flexibility index (Phi) is 10.4. The van der Waals surface area contributed by atoms with Crippen LogP contribution in [0.15, 0.2) is 133 Å². The van der Waals surface area contributed by atoms with Gasteiger partial charge in [-0.15, -0.1) is 0 Å². The molecule has 6 aromatic carbocycles. The molecule has 0 N–H and O–H groups in total. The number of rotatable bonds is 7. The molecule has 2 aliphatic heterocycles. The van der Waals surface area contributed by atoms with E-state index in [1.54, 1.807) is 0 Å². The van der Waals surface area contributed by atoms with E-state index in [4.69, 9.17) is 19.5 Å². The lowest BCUT2D eigenvalue weighted by atomic mass is 9.59. The summed E-state index contributed by atoms with van der Waals surface area (Å²) in [4.78, 5) is 11.0. The van der Waals surface area contributed by atoms with Gasteiger partial charge in [0, 0.05) is 45.3 Å². The Morgan fingerprint density at radius 2 is 1.24 bits per heavy atom. The number of nitrogens with zero attached hydrogens (tertiary/aromatic N) is 3. The number of aromatic nitrogens is 2. The highest BCUT2D eigenvalue weighted by Crippen LogP contribution is 2.57. The molecule has 0 aliphatic carbocycles. The van der Waals surface area contributed by atoms with Gasteiger partial charge in [-0.1, -0.05) is 140 Å². The van der Waals surface area contributed by atoms with Crippen LogP contribution in [0.25, 0.3) is 38.8 Å². The van der Waals surface area contributed by atoms with Gasteiger partial charge in [0.05, 0.1) is 11.2 Å². The topological polar surface area (TPSA) is 48.6 Å². The summed E-state index contributed by atoms with van der Waals surface area (Å²) in [5.74, 6) is 2.05. The number of ether oxygens (including phenoxy) is 2. The predicted molar refractivity (Wildman–Crippen MR) is 284 cm³/mol. The average molecular weight is 898 g/mol. The Hall–Kier alpha value is -6.46. The van der Waals surface area contributed by atoms with Crippen LogP contribution in [0.1, 0.15) is 136 Å². The largest absolute Gasteiger partial charge is 0.468 e. The third kappa shape index (κ3) is 7.02. The van der Waals surface area contributed by atoms with Gasteiger partial charge in [0.1, 0.15) is 28.3 Å². The standard InChI is InChI=1S/C63H67N3O2/c1-37-26-40(4)54(41(5)27-37)44-30-45(58-65-62(14,63(15,68-58)60(9,10)11)55(42-22-18-16-19-23-42)43-24-20-17-21-25-43)32-47(31-44)67-53-35-52-50(29-39(53)3)61(12,13)51-34-46(59(6,7)8)33-48-49-28-38(2)36-64-57(49)66(52)56(48)51/h16-36,55H,1-15H3/t62-,63-/m1/s1. The van der Waals surface area contributed by atoms with Crippen LogP contribution in [-0.4, -0.2) is 26.6 Å². The number of hydrogen-bond donors (Lipinski definition) is 0. The Bertz CT molecular complexity index is 3300. The molecule has 0 fully saturated rings. The fourth-order valence-electron chi connectivity index (χ4n) is 11.7. The molecule has 0 radical (unpaired) electrons. The number of aliphatic imine (C=N–C) groups is 1. The number of fused-ring (bicyclic) bond motifs is 5. The molecule has 0 spiro atoms. The van der Waals surface area contributed by atoms with E-state index in [0.29, 0.717) is 5.90 Å². The lowest BCUT2D eigenvalue weighted by Gasteiger charge is -2.50. The van der Waals surface area contributed by atoms with Crippen molar-refractivity contribution >= 4 is 27.8 Å². The van der Waals surface area contributed by atoms with E-state index in [1.807, 2.05) is 6.20 Å². The molecule has 2 atom stereocenters. The van der Waals surface area contributed by atoms with Crippen molar-refractivity contribution in [2.45, 2.75) is 132 Å². The third-order valence-electron chi connectivity index (χ3n) is 15.8. The maximum Gasteiger partial charge on any atom is 0.217 e. The zero-order valence-electron chi connectivity index (χ0n) is 42.9. The SMILES string of the molecule is Cc1cc(C)c(-c2cc(Oc3cc4c(cc3C)C(C)(C)c3cc(C(C)(C)C)cc5c6cc(C)cnc6n-4c35)cc(C3=N[C@](C)(C(c4ccccc4)c4ccccc4)[C@@](C)(C(C)(C)C)O3)c2)c(C)c1. The molecule has 5 nitrogen and oxygen atoms in total. The molecule has 0 bridgehead atoms. The second-order valence-corrected chi connectivity index (χ2v) is 23.0. The number of aryl methyl sites for hydroxylation is 5. The molecular formula is C63H67N3O2. The summed E-state index contributed by atoms with van der Waals surface area (Å²) in [6.45, 7) is 34.0. The van der Waals surface area contributed by atoms with Gasteiger partial charge in [-0.25, -0.2) is 9.98 Å². The first-order chi connectivity index (χ1) is 32.0. The molecule has 0 unspecified atom stereocenters. The van der Waals surface area contributed by atoms with Crippen LogP contribution >= 0.6 is 0 Å². The van der Waals surface area contributed by atoms with Crippen molar-refractivity contribution in [2.24, 2.45) is 10.4 Å². The third-order valence-corrected chi connectivity index (χ3v) is 15.8. The van der Waals surface area contributed by atoms with Crippen molar-refractivity contribution in [3.8, 4) is 28.3 Å². The summed E-state index contributed by atoms with van der Waals surface area (Å²) >= 11 is 0. The minimum atomic E-state index is -0.721. The normalized spacial score (nSPS) is 18.8. The molecule has 0 amide bonds.